The largest absolute Gasteiger partial charge is 0.491 e. The molecule has 0 aliphatic heterocycles. The number of primary amides is 1. The molecule has 0 spiro atoms. The molecule has 1 aromatic carbocycles. The zero-order valence-corrected chi connectivity index (χ0v) is 10.9. The molecule has 1 unspecified atom stereocenters. The lowest BCUT2D eigenvalue weighted by Gasteiger charge is -2.26. The Morgan fingerprint density at radius 2 is 2.11 bits per heavy atom. The van der Waals surface area contributed by atoms with E-state index < -0.39 is 11.4 Å². The lowest BCUT2D eigenvalue weighted by atomic mass is 9.95. The molecule has 1 fully saturated rings. The fourth-order valence-electron chi connectivity index (χ4n) is 2.15. The molecule has 2 rings (SSSR count). The lowest BCUT2D eigenvalue weighted by Crippen LogP contribution is -2.58. The van der Waals surface area contributed by atoms with Gasteiger partial charge in [-0.25, -0.2) is 0 Å². The van der Waals surface area contributed by atoms with Gasteiger partial charge >= 0.3 is 0 Å². The van der Waals surface area contributed by atoms with E-state index in [1.165, 1.54) is 5.56 Å². The number of ether oxygens (including phenoxy) is 1. The van der Waals surface area contributed by atoms with E-state index in [4.69, 9.17) is 16.2 Å². The van der Waals surface area contributed by atoms with E-state index in [0.717, 1.165) is 24.2 Å². The van der Waals surface area contributed by atoms with Crippen LogP contribution in [0.5, 0.6) is 5.75 Å². The molecule has 0 heterocycles. The highest BCUT2D eigenvalue weighted by Crippen LogP contribution is 2.38. The fourth-order valence-corrected chi connectivity index (χ4v) is 2.15. The van der Waals surface area contributed by atoms with Gasteiger partial charge in [0, 0.05) is 0 Å². The Morgan fingerprint density at radius 1 is 1.44 bits per heavy atom. The minimum atomic E-state index is -1.03. The van der Waals surface area contributed by atoms with Crippen molar-refractivity contribution in [3.05, 3.63) is 29.3 Å². The molecule has 1 amide bonds. The van der Waals surface area contributed by atoms with Crippen LogP contribution in [0.15, 0.2) is 18.2 Å². The van der Waals surface area contributed by atoms with Gasteiger partial charge in [-0.1, -0.05) is 17.7 Å². The van der Waals surface area contributed by atoms with Gasteiger partial charge in [-0.2, -0.15) is 0 Å². The first-order valence-electron chi connectivity index (χ1n) is 6.22. The number of hydrogen-bond acceptors (Lipinski definition) is 3. The summed E-state index contributed by atoms with van der Waals surface area (Å²) in [7, 11) is 0. The Balaban J connectivity index is 2.08. The van der Waals surface area contributed by atoms with E-state index in [-0.39, 0.29) is 12.5 Å². The maximum absolute atomic E-state index is 11.5. The molecule has 98 valence electrons. The van der Waals surface area contributed by atoms with E-state index in [1.807, 2.05) is 32.0 Å². The van der Waals surface area contributed by atoms with Crippen LogP contribution in [0.25, 0.3) is 0 Å². The molecular weight excluding hydrogens is 228 g/mol. The van der Waals surface area contributed by atoms with Gasteiger partial charge in [0.05, 0.1) is 0 Å². The van der Waals surface area contributed by atoms with Crippen LogP contribution in [-0.4, -0.2) is 18.1 Å². The summed E-state index contributed by atoms with van der Waals surface area (Å²) in [6.45, 7) is 4.15. The van der Waals surface area contributed by atoms with Gasteiger partial charge in [0.25, 0.3) is 0 Å². The summed E-state index contributed by atoms with van der Waals surface area (Å²) < 4.78 is 5.69. The summed E-state index contributed by atoms with van der Waals surface area (Å²) in [5, 5.41) is 0. The zero-order chi connectivity index (χ0) is 13.3. The Morgan fingerprint density at radius 3 is 2.61 bits per heavy atom. The van der Waals surface area contributed by atoms with Crippen molar-refractivity contribution in [1.29, 1.82) is 0 Å². The fraction of sp³-hybridized carbons (Fsp3) is 0.500. The molecule has 1 saturated carbocycles. The monoisotopic (exact) mass is 248 g/mol. The molecule has 1 aliphatic rings. The molecule has 0 bridgehead atoms. The number of rotatable bonds is 5. The number of aryl methyl sites for hydroxylation is 2. The molecule has 0 radical (unpaired) electrons. The number of benzene rings is 1. The van der Waals surface area contributed by atoms with Crippen LogP contribution in [0.3, 0.4) is 0 Å². The van der Waals surface area contributed by atoms with Crippen molar-refractivity contribution < 1.29 is 9.53 Å². The number of carbonyl (C=O) groups excluding carboxylic acids is 1. The van der Waals surface area contributed by atoms with Crippen molar-refractivity contribution in [2.45, 2.75) is 32.2 Å². The topological polar surface area (TPSA) is 78.3 Å². The van der Waals surface area contributed by atoms with Crippen LogP contribution in [0, 0.1) is 19.8 Å². The number of carbonyl (C=O) groups is 1. The van der Waals surface area contributed by atoms with E-state index in [0.29, 0.717) is 0 Å². The average molecular weight is 248 g/mol. The molecule has 4 nitrogen and oxygen atoms in total. The van der Waals surface area contributed by atoms with Crippen molar-refractivity contribution in [3.63, 3.8) is 0 Å². The molecule has 18 heavy (non-hydrogen) atoms. The Bertz CT molecular complexity index is 469. The van der Waals surface area contributed by atoms with Crippen molar-refractivity contribution in [2.24, 2.45) is 17.4 Å². The van der Waals surface area contributed by atoms with E-state index >= 15 is 0 Å². The van der Waals surface area contributed by atoms with Crippen molar-refractivity contribution in [2.75, 3.05) is 6.61 Å². The Hall–Kier alpha value is -1.55. The SMILES string of the molecule is Cc1ccc(OCC(N)(C(N)=O)C2CC2)c(C)c1. The van der Waals surface area contributed by atoms with Crippen LogP contribution < -0.4 is 16.2 Å². The lowest BCUT2D eigenvalue weighted by molar-refractivity contribution is -0.125. The second kappa shape index (κ2) is 4.61. The number of nitrogens with two attached hydrogens (primary N) is 2. The minimum Gasteiger partial charge on any atom is -0.491 e. The summed E-state index contributed by atoms with van der Waals surface area (Å²) in [6, 6.07) is 5.91. The van der Waals surface area contributed by atoms with Gasteiger partial charge < -0.3 is 16.2 Å². The molecule has 1 aliphatic carbocycles. The molecule has 1 aromatic rings. The minimum absolute atomic E-state index is 0.150. The predicted molar refractivity (Wildman–Crippen MR) is 70.2 cm³/mol. The smallest absolute Gasteiger partial charge is 0.241 e. The summed E-state index contributed by atoms with van der Waals surface area (Å²) in [5.74, 6) is 0.452. The molecule has 0 saturated heterocycles. The average Bonchev–Trinajstić information content (AvgIpc) is 3.11. The van der Waals surface area contributed by atoms with Gasteiger partial charge in [0.1, 0.15) is 17.9 Å². The van der Waals surface area contributed by atoms with Crippen molar-refractivity contribution in [1.82, 2.24) is 0 Å². The number of hydrogen-bond donors (Lipinski definition) is 2. The first kappa shape index (κ1) is 12.9. The molecule has 1 atom stereocenters. The predicted octanol–water partition coefficient (Wildman–Crippen LogP) is 1.28. The maximum atomic E-state index is 11.5. The third-order valence-electron chi connectivity index (χ3n) is 3.56. The first-order valence-corrected chi connectivity index (χ1v) is 6.22. The first-order chi connectivity index (χ1) is 8.43. The van der Waals surface area contributed by atoms with E-state index in [1.54, 1.807) is 0 Å². The third-order valence-corrected chi connectivity index (χ3v) is 3.56. The number of amides is 1. The van der Waals surface area contributed by atoms with Gasteiger partial charge in [-0.3, -0.25) is 4.79 Å². The van der Waals surface area contributed by atoms with Crippen LogP contribution >= 0.6 is 0 Å². The zero-order valence-electron chi connectivity index (χ0n) is 10.9. The molecular formula is C14H20N2O2. The second-order valence-electron chi connectivity index (χ2n) is 5.24. The highest BCUT2D eigenvalue weighted by Gasteiger charge is 2.47. The van der Waals surface area contributed by atoms with Crippen molar-refractivity contribution in [3.8, 4) is 5.75 Å². The quantitative estimate of drug-likeness (QED) is 0.823. The third kappa shape index (κ3) is 2.48. The van der Waals surface area contributed by atoms with Crippen LogP contribution in [0.4, 0.5) is 0 Å². The second-order valence-corrected chi connectivity index (χ2v) is 5.24. The highest BCUT2D eigenvalue weighted by molar-refractivity contribution is 5.85. The Labute approximate surface area is 107 Å². The molecule has 4 heteroatoms. The highest BCUT2D eigenvalue weighted by atomic mass is 16.5. The molecule has 0 aromatic heterocycles. The van der Waals surface area contributed by atoms with Crippen LogP contribution in [-0.2, 0) is 4.79 Å². The molecule has 4 N–H and O–H groups in total. The summed E-state index contributed by atoms with van der Waals surface area (Å²) in [5.41, 5.74) is 12.7. The maximum Gasteiger partial charge on any atom is 0.241 e. The van der Waals surface area contributed by atoms with Gasteiger partial charge in [-0.05, 0) is 44.2 Å². The van der Waals surface area contributed by atoms with E-state index in [2.05, 4.69) is 0 Å². The normalized spacial score (nSPS) is 18.2. The summed E-state index contributed by atoms with van der Waals surface area (Å²) in [6.07, 6.45) is 1.91. The van der Waals surface area contributed by atoms with Gasteiger partial charge in [0.2, 0.25) is 5.91 Å². The van der Waals surface area contributed by atoms with Crippen molar-refractivity contribution >= 4 is 5.91 Å². The Kier molecular flexibility index (Phi) is 3.30. The van der Waals surface area contributed by atoms with E-state index in [9.17, 15) is 4.79 Å². The summed E-state index contributed by atoms with van der Waals surface area (Å²) >= 11 is 0. The van der Waals surface area contributed by atoms with Gasteiger partial charge in [-0.15, -0.1) is 0 Å². The van der Waals surface area contributed by atoms with Crippen LogP contribution in [0.2, 0.25) is 0 Å². The van der Waals surface area contributed by atoms with Gasteiger partial charge in [0.15, 0.2) is 0 Å². The van der Waals surface area contributed by atoms with Crippen LogP contribution in [0.1, 0.15) is 24.0 Å². The summed E-state index contributed by atoms with van der Waals surface area (Å²) in [4.78, 5) is 11.5. The standard InChI is InChI=1S/C14H20N2O2/c1-9-3-6-12(10(2)7-9)18-8-14(16,13(15)17)11-4-5-11/h3,6-7,11H,4-5,8,16H2,1-2H3,(H2,15,17).